The van der Waals surface area contributed by atoms with Gasteiger partial charge in [-0.25, -0.2) is 0 Å². The van der Waals surface area contributed by atoms with E-state index in [9.17, 15) is 4.79 Å². The molecule has 3 nitrogen and oxygen atoms in total. The van der Waals surface area contributed by atoms with Crippen LogP contribution in [0.15, 0.2) is 18.2 Å². The first-order chi connectivity index (χ1) is 8.01. The molecule has 0 aliphatic heterocycles. The predicted molar refractivity (Wildman–Crippen MR) is 72.1 cm³/mol. The first-order valence-corrected chi connectivity index (χ1v) is 6.14. The smallest absolute Gasteiger partial charge is 0.254 e. The molecule has 1 amide bonds. The van der Waals surface area contributed by atoms with Crippen molar-refractivity contribution < 1.29 is 4.79 Å². The van der Waals surface area contributed by atoms with Crippen LogP contribution in [0.2, 0.25) is 0 Å². The number of hydrogen-bond donors (Lipinski definition) is 1. The first kappa shape index (κ1) is 13.6. The SMILES string of the molecule is CCC(CC)N(C)C(=O)c1cc(N)ccc1C. The molecule has 0 saturated heterocycles. The van der Waals surface area contributed by atoms with Gasteiger partial charge in [-0.3, -0.25) is 4.79 Å². The molecule has 0 aliphatic carbocycles. The average molecular weight is 234 g/mol. The summed E-state index contributed by atoms with van der Waals surface area (Å²) in [5.74, 6) is 0.0588. The van der Waals surface area contributed by atoms with E-state index in [1.54, 1.807) is 6.07 Å². The first-order valence-electron chi connectivity index (χ1n) is 6.14. The molecule has 0 fully saturated rings. The second kappa shape index (κ2) is 5.71. The molecule has 1 rings (SSSR count). The Labute approximate surface area is 104 Å². The van der Waals surface area contributed by atoms with Gasteiger partial charge in [0.1, 0.15) is 0 Å². The van der Waals surface area contributed by atoms with Crippen LogP contribution in [0, 0.1) is 6.92 Å². The van der Waals surface area contributed by atoms with Crippen molar-refractivity contribution in [2.75, 3.05) is 12.8 Å². The molecule has 17 heavy (non-hydrogen) atoms. The van der Waals surface area contributed by atoms with E-state index in [1.165, 1.54) is 0 Å². The molecule has 3 heteroatoms. The van der Waals surface area contributed by atoms with Crippen molar-refractivity contribution >= 4 is 11.6 Å². The minimum Gasteiger partial charge on any atom is -0.399 e. The number of rotatable bonds is 4. The van der Waals surface area contributed by atoms with Gasteiger partial charge in [0.25, 0.3) is 5.91 Å². The Morgan fingerprint density at radius 2 is 1.94 bits per heavy atom. The number of hydrogen-bond acceptors (Lipinski definition) is 2. The van der Waals surface area contributed by atoms with E-state index < -0.39 is 0 Å². The van der Waals surface area contributed by atoms with Crippen molar-refractivity contribution in [3.63, 3.8) is 0 Å². The molecule has 0 unspecified atom stereocenters. The molecule has 94 valence electrons. The summed E-state index contributed by atoms with van der Waals surface area (Å²) in [4.78, 5) is 14.2. The third-order valence-corrected chi connectivity index (χ3v) is 3.30. The molecule has 0 saturated carbocycles. The summed E-state index contributed by atoms with van der Waals surface area (Å²) in [6, 6.07) is 5.77. The van der Waals surface area contributed by atoms with Gasteiger partial charge in [-0.1, -0.05) is 19.9 Å². The number of carbonyl (C=O) groups excluding carboxylic acids is 1. The molecule has 0 aliphatic rings. The summed E-state index contributed by atoms with van der Waals surface area (Å²) in [5, 5.41) is 0. The third kappa shape index (κ3) is 2.99. The van der Waals surface area contributed by atoms with Crippen LogP contribution >= 0.6 is 0 Å². The quantitative estimate of drug-likeness (QED) is 0.814. The van der Waals surface area contributed by atoms with Crippen LogP contribution in [0.4, 0.5) is 5.69 Å². The molecular formula is C14H22N2O. The number of nitrogen functional groups attached to an aromatic ring is 1. The van der Waals surface area contributed by atoms with Crippen LogP contribution < -0.4 is 5.73 Å². The van der Waals surface area contributed by atoms with E-state index in [0.29, 0.717) is 17.3 Å². The number of aryl methyl sites for hydroxylation is 1. The largest absolute Gasteiger partial charge is 0.399 e. The van der Waals surface area contributed by atoms with E-state index in [-0.39, 0.29) is 5.91 Å². The minimum atomic E-state index is 0.0588. The van der Waals surface area contributed by atoms with Crippen molar-refractivity contribution in [1.29, 1.82) is 0 Å². The predicted octanol–water partition coefficient (Wildman–Crippen LogP) is 2.84. The molecule has 0 aromatic heterocycles. The Hall–Kier alpha value is -1.51. The number of nitrogens with two attached hydrogens (primary N) is 1. The highest BCUT2D eigenvalue weighted by atomic mass is 16.2. The molecule has 0 bridgehead atoms. The van der Waals surface area contributed by atoms with Gasteiger partial charge in [0, 0.05) is 24.3 Å². The summed E-state index contributed by atoms with van der Waals surface area (Å²) in [7, 11) is 1.86. The fourth-order valence-electron chi connectivity index (χ4n) is 2.06. The lowest BCUT2D eigenvalue weighted by molar-refractivity contribution is 0.0723. The van der Waals surface area contributed by atoms with E-state index >= 15 is 0 Å². The Bertz CT molecular complexity index is 397. The highest BCUT2D eigenvalue weighted by Gasteiger charge is 2.19. The van der Waals surface area contributed by atoms with Crippen molar-refractivity contribution in [3.8, 4) is 0 Å². The monoisotopic (exact) mass is 234 g/mol. The van der Waals surface area contributed by atoms with Gasteiger partial charge >= 0.3 is 0 Å². The lowest BCUT2D eigenvalue weighted by Crippen LogP contribution is -2.36. The van der Waals surface area contributed by atoms with Gasteiger partial charge < -0.3 is 10.6 Å². The second-order valence-corrected chi connectivity index (χ2v) is 4.46. The maximum Gasteiger partial charge on any atom is 0.254 e. The summed E-state index contributed by atoms with van der Waals surface area (Å²) in [6.45, 7) is 6.14. The van der Waals surface area contributed by atoms with Gasteiger partial charge in [-0.05, 0) is 37.5 Å². The molecular weight excluding hydrogens is 212 g/mol. The normalized spacial score (nSPS) is 10.6. The zero-order valence-corrected chi connectivity index (χ0v) is 11.2. The number of nitrogens with zero attached hydrogens (tertiary/aromatic N) is 1. The number of amides is 1. The highest BCUT2D eigenvalue weighted by Crippen LogP contribution is 2.17. The number of carbonyl (C=O) groups is 1. The standard InChI is InChI=1S/C14H22N2O/c1-5-12(6-2)16(4)14(17)13-9-11(15)8-7-10(13)3/h7-9,12H,5-6,15H2,1-4H3. The maximum absolute atomic E-state index is 12.3. The van der Waals surface area contributed by atoms with Gasteiger partial charge in [-0.15, -0.1) is 0 Å². The van der Waals surface area contributed by atoms with Crippen LogP contribution in [0.25, 0.3) is 0 Å². The second-order valence-electron chi connectivity index (χ2n) is 4.46. The highest BCUT2D eigenvalue weighted by molar-refractivity contribution is 5.96. The summed E-state index contributed by atoms with van der Waals surface area (Å²) >= 11 is 0. The van der Waals surface area contributed by atoms with Crippen LogP contribution in [0.5, 0.6) is 0 Å². The van der Waals surface area contributed by atoms with Crippen LogP contribution in [0.1, 0.15) is 42.6 Å². The molecule has 0 heterocycles. The van der Waals surface area contributed by atoms with Gasteiger partial charge in [-0.2, -0.15) is 0 Å². The molecule has 0 atom stereocenters. The minimum absolute atomic E-state index is 0.0588. The van der Waals surface area contributed by atoms with E-state index in [1.807, 2.05) is 31.0 Å². The Balaban J connectivity index is 2.99. The van der Waals surface area contributed by atoms with Crippen molar-refractivity contribution in [2.24, 2.45) is 0 Å². The molecule has 0 spiro atoms. The molecule has 2 N–H and O–H groups in total. The average Bonchev–Trinajstić information content (AvgIpc) is 2.32. The van der Waals surface area contributed by atoms with Crippen molar-refractivity contribution in [1.82, 2.24) is 4.90 Å². The zero-order chi connectivity index (χ0) is 13.0. The Morgan fingerprint density at radius 1 is 1.35 bits per heavy atom. The summed E-state index contributed by atoms with van der Waals surface area (Å²) in [5.41, 5.74) is 8.05. The van der Waals surface area contributed by atoms with Gasteiger partial charge in [0.15, 0.2) is 0 Å². The van der Waals surface area contributed by atoms with Crippen LogP contribution in [-0.2, 0) is 0 Å². The van der Waals surface area contributed by atoms with Crippen LogP contribution in [0.3, 0.4) is 0 Å². The van der Waals surface area contributed by atoms with Crippen LogP contribution in [-0.4, -0.2) is 23.9 Å². The number of anilines is 1. The summed E-state index contributed by atoms with van der Waals surface area (Å²) in [6.07, 6.45) is 1.94. The maximum atomic E-state index is 12.3. The van der Waals surface area contributed by atoms with Gasteiger partial charge in [0.2, 0.25) is 0 Å². The Kier molecular flexibility index (Phi) is 4.55. The molecule has 0 radical (unpaired) electrons. The molecule has 1 aromatic carbocycles. The van der Waals surface area contributed by atoms with Gasteiger partial charge in [0.05, 0.1) is 0 Å². The Morgan fingerprint density at radius 3 is 2.47 bits per heavy atom. The fourth-order valence-corrected chi connectivity index (χ4v) is 2.06. The van der Waals surface area contributed by atoms with E-state index in [2.05, 4.69) is 13.8 Å². The number of benzene rings is 1. The van der Waals surface area contributed by atoms with Crippen molar-refractivity contribution in [2.45, 2.75) is 39.7 Å². The lowest BCUT2D eigenvalue weighted by atomic mass is 10.0. The van der Waals surface area contributed by atoms with E-state index in [0.717, 1.165) is 18.4 Å². The fraction of sp³-hybridized carbons (Fsp3) is 0.500. The van der Waals surface area contributed by atoms with Crippen molar-refractivity contribution in [3.05, 3.63) is 29.3 Å². The lowest BCUT2D eigenvalue weighted by Gasteiger charge is -2.27. The third-order valence-electron chi connectivity index (χ3n) is 3.30. The summed E-state index contributed by atoms with van der Waals surface area (Å²) < 4.78 is 0. The van der Waals surface area contributed by atoms with E-state index in [4.69, 9.17) is 5.73 Å². The zero-order valence-electron chi connectivity index (χ0n) is 11.2. The molecule has 1 aromatic rings. The topological polar surface area (TPSA) is 46.3 Å².